The van der Waals surface area contributed by atoms with Crippen LogP contribution in [0.4, 0.5) is 5.69 Å². The van der Waals surface area contributed by atoms with E-state index in [0.29, 0.717) is 24.5 Å². The van der Waals surface area contributed by atoms with Crippen molar-refractivity contribution in [2.45, 2.75) is 6.42 Å². The number of ether oxygens (including phenoxy) is 2. The normalized spacial score (nSPS) is 10.9. The van der Waals surface area contributed by atoms with Crippen molar-refractivity contribution in [1.82, 2.24) is 5.32 Å². The van der Waals surface area contributed by atoms with Crippen LogP contribution in [-0.4, -0.2) is 47.9 Å². The first-order chi connectivity index (χ1) is 12.8. The number of carbonyl (C=O) groups is 1. The smallest absolute Gasteiger partial charge is 0.240 e. The number of benzene rings is 2. The SMILES string of the molecule is COc1ccc(OC)c(N(CC(=O)NCCc2ccccc2)S(C)(=O)=O)c1. The van der Waals surface area contributed by atoms with Crippen molar-refractivity contribution in [1.29, 1.82) is 0 Å². The van der Waals surface area contributed by atoms with Gasteiger partial charge >= 0.3 is 0 Å². The number of hydrogen-bond donors (Lipinski definition) is 1. The molecule has 0 bridgehead atoms. The van der Waals surface area contributed by atoms with Crippen LogP contribution in [-0.2, 0) is 21.2 Å². The molecule has 1 N–H and O–H groups in total. The molecule has 0 aliphatic carbocycles. The number of nitrogens with zero attached hydrogens (tertiary/aromatic N) is 1. The number of methoxy groups -OCH3 is 2. The van der Waals surface area contributed by atoms with Crippen molar-refractivity contribution < 1.29 is 22.7 Å². The summed E-state index contributed by atoms with van der Waals surface area (Å²) < 4.78 is 36.0. The van der Waals surface area contributed by atoms with Crippen LogP contribution in [0.5, 0.6) is 11.5 Å². The van der Waals surface area contributed by atoms with E-state index in [1.54, 1.807) is 12.1 Å². The number of carbonyl (C=O) groups excluding carboxylic acids is 1. The molecule has 8 heteroatoms. The summed E-state index contributed by atoms with van der Waals surface area (Å²) in [6, 6.07) is 14.5. The quantitative estimate of drug-likeness (QED) is 0.704. The van der Waals surface area contributed by atoms with Gasteiger partial charge in [0, 0.05) is 12.6 Å². The Labute approximate surface area is 160 Å². The predicted molar refractivity (Wildman–Crippen MR) is 105 cm³/mol. The van der Waals surface area contributed by atoms with Gasteiger partial charge in [-0.3, -0.25) is 9.10 Å². The van der Waals surface area contributed by atoms with Crippen molar-refractivity contribution in [2.24, 2.45) is 0 Å². The van der Waals surface area contributed by atoms with Crippen LogP contribution in [0.3, 0.4) is 0 Å². The molecule has 0 atom stereocenters. The van der Waals surface area contributed by atoms with Gasteiger partial charge in [-0.05, 0) is 24.1 Å². The van der Waals surface area contributed by atoms with Gasteiger partial charge in [0.2, 0.25) is 15.9 Å². The van der Waals surface area contributed by atoms with E-state index in [1.165, 1.54) is 20.3 Å². The summed E-state index contributed by atoms with van der Waals surface area (Å²) in [7, 11) is -0.796. The number of hydrogen-bond acceptors (Lipinski definition) is 5. The van der Waals surface area contributed by atoms with Crippen LogP contribution >= 0.6 is 0 Å². The molecule has 0 aliphatic rings. The summed E-state index contributed by atoms with van der Waals surface area (Å²) >= 11 is 0. The van der Waals surface area contributed by atoms with Crippen LogP contribution < -0.4 is 19.1 Å². The highest BCUT2D eigenvalue weighted by atomic mass is 32.2. The topological polar surface area (TPSA) is 84.9 Å². The summed E-state index contributed by atoms with van der Waals surface area (Å²) in [6.45, 7) is 0.0623. The molecule has 2 aromatic carbocycles. The third-order valence-electron chi connectivity index (χ3n) is 3.92. The van der Waals surface area contributed by atoms with Gasteiger partial charge in [0.1, 0.15) is 18.0 Å². The number of sulfonamides is 1. The molecule has 0 saturated carbocycles. The fraction of sp³-hybridized carbons (Fsp3) is 0.316. The Balaban J connectivity index is 2.12. The number of anilines is 1. The molecule has 146 valence electrons. The Bertz CT molecular complexity index is 869. The van der Waals surface area contributed by atoms with E-state index in [9.17, 15) is 13.2 Å². The largest absolute Gasteiger partial charge is 0.497 e. The first-order valence-electron chi connectivity index (χ1n) is 8.35. The zero-order valence-corrected chi connectivity index (χ0v) is 16.5. The van der Waals surface area contributed by atoms with E-state index < -0.39 is 15.9 Å². The second kappa shape index (κ2) is 9.27. The summed E-state index contributed by atoms with van der Waals surface area (Å²) in [5.74, 6) is 0.392. The van der Waals surface area contributed by atoms with Crippen LogP contribution in [0, 0.1) is 0 Å². The Morgan fingerprint density at radius 3 is 2.37 bits per heavy atom. The minimum Gasteiger partial charge on any atom is -0.497 e. The Morgan fingerprint density at radius 1 is 1.07 bits per heavy atom. The number of rotatable bonds is 9. The molecule has 27 heavy (non-hydrogen) atoms. The van der Waals surface area contributed by atoms with Crippen LogP contribution in [0.1, 0.15) is 5.56 Å². The molecule has 0 spiro atoms. The van der Waals surface area contributed by atoms with Crippen LogP contribution in [0.25, 0.3) is 0 Å². The molecule has 0 aromatic heterocycles. The zero-order chi connectivity index (χ0) is 19.9. The first-order valence-corrected chi connectivity index (χ1v) is 10.2. The maximum atomic E-state index is 12.3. The second-order valence-electron chi connectivity index (χ2n) is 5.89. The molecule has 2 aromatic rings. The van der Waals surface area contributed by atoms with Crippen molar-refractivity contribution >= 4 is 21.6 Å². The fourth-order valence-electron chi connectivity index (χ4n) is 2.55. The van der Waals surface area contributed by atoms with Gasteiger partial charge in [0.05, 0.1) is 26.2 Å². The second-order valence-corrected chi connectivity index (χ2v) is 7.80. The Kier molecular flexibility index (Phi) is 7.06. The Hall–Kier alpha value is -2.74. The zero-order valence-electron chi connectivity index (χ0n) is 15.6. The van der Waals surface area contributed by atoms with Crippen LogP contribution in [0.15, 0.2) is 48.5 Å². The van der Waals surface area contributed by atoms with Gasteiger partial charge < -0.3 is 14.8 Å². The fourth-order valence-corrected chi connectivity index (χ4v) is 3.40. The average molecular weight is 392 g/mol. The van der Waals surface area contributed by atoms with Gasteiger partial charge in [-0.1, -0.05) is 30.3 Å². The first kappa shape index (κ1) is 20.6. The minimum absolute atomic E-state index is 0.248. The van der Waals surface area contributed by atoms with Gasteiger partial charge in [-0.15, -0.1) is 0 Å². The monoisotopic (exact) mass is 392 g/mol. The van der Waals surface area contributed by atoms with E-state index in [4.69, 9.17) is 9.47 Å². The van der Waals surface area contributed by atoms with E-state index in [0.717, 1.165) is 16.1 Å². The maximum Gasteiger partial charge on any atom is 0.240 e. The van der Waals surface area contributed by atoms with Gasteiger partial charge in [0.25, 0.3) is 0 Å². The number of nitrogens with one attached hydrogen (secondary N) is 1. The molecule has 0 aliphatic heterocycles. The maximum absolute atomic E-state index is 12.3. The van der Waals surface area contributed by atoms with Gasteiger partial charge in [-0.25, -0.2) is 8.42 Å². The third-order valence-corrected chi connectivity index (χ3v) is 5.05. The molecule has 0 unspecified atom stereocenters. The van der Waals surface area contributed by atoms with Crippen LogP contribution in [0.2, 0.25) is 0 Å². The van der Waals surface area contributed by atoms with Crippen molar-refractivity contribution in [3.63, 3.8) is 0 Å². The standard InChI is InChI=1S/C19H24N2O5S/c1-25-16-9-10-18(26-2)17(13-16)21(27(3,23)24)14-19(22)20-12-11-15-7-5-4-6-8-15/h4-10,13H,11-12,14H2,1-3H3,(H,20,22). The summed E-state index contributed by atoms with van der Waals surface area (Å²) in [5, 5.41) is 2.75. The highest BCUT2D eigenvalue weighted by Crippen LogP contribution is 2.33. The molecule has 0 heterocycles. The third kappa shape index (κ3) is 5.89. The summed E-state index contributed by atoms with van der Waals surface area (Å²) in [6.07, 6.45) is 1.71. The van der Waals surface area contributed by atoms with Crippen molar-refractivity contribution in [3.8, 4) is 11.5 Å². The lowest BCUT2D eigenvalue weighted by Crippen LogP contribution is -2.41. The minimum atomic E-state index is -3.71. The lowest BCUT2D eigenvalue weighted by molar-refractivity contribution is -0.119. The summed E-state index contributed by atoms with van der Waals surface area (Å²) in [5.41, 5.74) is 1.34. The molecule has 2 rings (SSSR count). The molecular formula is C19H24N2O5S. The molecule has 0 fully saturated rings. The van der Waals surface area contributed by atoms with Gasteiger partial charge in [-0.2, -0.15) is 0 Å². The van der Waals surface area contributed by atoms with Gasteiger partial charge in [0.15, 0.2) is 0 Å². The predicted octanol–water partition coefficient (Wildman–Crippen LogP) is 1.83. The molecule has 7 nitrogen and oxygen atoms in total. The Morgan fingerprint density at radius 2 is 1.78 bits per heavy atom. The van der Waals surface area contributed by atoms with Crippen molar-refractivity contribution in [2.75, 3.05) is 37.9 Å². The lowest BCUT2D eigenvalue weighted by Gasteiger charge is -2.24. The summed E-state index contributed by atoms with van der Waals surface area (Å²) in [4.78, 5) is 12.3. The van der Waals surface area contributed by atoms with E-state index in [2.05, 4.69) is 5.32 Å². The van der Waals surface area contributed by atoms with E-state index in [1.807, 2.05) is 30.3 Å². The molecule has 0 radical (unpaired) electrons. The van der Waals surface area contributed by atoms with E-state index >= 15 is 0 Å². The molecule has 0 saturated heterocycles. The number of amides is 1. The highest BCUT2D eigenvalue weighted by molar-refractivity contribution is 7.92. The highest BCUT2D eigenvalue weighted by Gasteiger charge is 2.24. The molecular weight excluding hydrogens is 368 g/mol. The van der Waals surface area contributed by atoms with Crippen molar-refractivity contribution in [3.05, 3.63) is 54.1 Å². The lowest BCUT2D eigenvalue weighted by atomic mass is 10.1. The average Bonchev–Trinajstić information content (AvgIpc) is 2.65. The molecule has 1 amide bonds. The van der Waals surface area contributed by atoms with E-state index in [-0.39, 0.29) is 12.2 Å².